The second-order valence-electron chi connectivity index (χ2n) is 4.56. The van der Waals surface area contributed by atoms with Crippen LogP contribution >= 0.6 is 0 Å². The molecule has 0 fully saturated rings. The van der Waals surface area contributed by atoms with Crippen LogP contribution in [0.15, 0.2) is 54.7 Å². The Morgan fingerprint density at radius 1 is 1.25 bits per heavy atom. The van der Waals surface area contributed by atoms with Crippen LogP contribution in [0.2, 0.25) is 0 Å². The number of hydrogen-bond acceptors (Lipinski definition) is 3. The van der Waals surface area contributed by atoms with Crippen LogP contribution in [0.25, 0.3) is 0 Å². The van der Waals surface area contributed by atoms with Gasteiger partial charge in [-0.1, -0.05) is 30.9 Å². The lowest BCUT2D eigenvalue weighted by Crippen LogP contribution is -2.11. The quantitative estimate of drug-likeness (QED) is 0.502. The molecule has 102 valence electrons. The van der Waals surface area contributed by atoms with Crippen LogP contribution in [0.1, 0.15) is 17.3 Å². The van der Waals surface area contributed by atoms with E-state index in [9.17, 15) is 14.7 Å². The Labute approximate surface area is 117 Å². The van der Waals surface area contributed by atoms with Crippen LogP contribution in [0.3, 0.4) is 0 Å². The van der Waals surface area contributed by atoms with Gasteiger partial charge in [0.05, 0.1) is 5.56 Å². The van der Waals surface area contributed by atoms with Gasteiger partial charge in [-0.2, -0.15) is 0 Å². The SMILES string of the molecule is C=C(C(=O)c1cc(NC(C)=O)ccc1O)C1C=CC=C1. The normalized spacial score (nSPS) is 13.4. The number of anilines is 1. The minimum atomic E-state index is -0.337. The zero-order chi connectivity index (χ0) is 14.7. The molecule has 0 heterocycles. The molecule has 0 unspecified atom stereocenters. The van der Waals surface area contributed by atoms with Gasteiger partial charge >= 0.3 is 0 Å². The Morgan fingerprint density at radius 3 is 2.50 bits per heavy atom. The Hall–Kier alpha value is -2.62. The number of Topliss-reactive ketones (excluding diaryl/α,β-unsaturated/α-hetero) is 1. The van der Waals surface area contributed by atoms with Gasteiger partial charge in [0.25, 0.3) is 0 Å². The van der Waals surface area contributed by atoms with Crippen molar-refractivity contribution in [2.24, 2.45) is 5.92 Å². The molecule has 4 nitrogen and oxygen atoms in total. The number of amides is 1. The van der Waals surface area contributed by atoms with E-state index in [2.05, 4.69) is 11.9 Å². The highest BCUT2D eigenvalue weighted by atomic mass is 16.3. The fourth-order valence-electron chi connectivity index (χ4n) is 1.99. The summed E-state index contributed by atoms with van der Waals surface area (Å²) in [6, 6.07) is 4.37. The molecule has 1 aliphatic rings. The first-order valence-electron chi connectivity index (χ1n) is 6.18. The Kier molecular flexibility index (Phi) is 3.84. The number of carbonyl (C=O) groups is 2. The van der Waals surface area contributed by atoms with E-state index in [-0.39, 0.29) is 28.9 Å². The standard InChI is InChI=1S/C16H15NO3/c1-10(12-5-3-4-6-12)16(20)14-9-13(17-11(2)18)7-8-15(14)19/h3-9,12,19H,1H2,2H3,(H,17,18). The van der Waals surface area contributed by atoms with Gasteiger partial charge in [0.15, 0.2) is 5.78 Å². The first-order valence-corrected chi connectivity index (χ1v) is 6.18. The number of hydrogen-bond donors (Lipinski definition) is 2. The van der Waals surface area contributed by atoms with E-state index in [0.717, 1.165) is 0 Å². The number of allylic oxidation sites excluding steroid dienone is 5. The number of carbonyl (C=O) groups excluding carboxylic acids is 2. The van der Waals surface area contributed by atoms with E-state index < -0.39 is 0 Å². The first kappa shape index (κ1) is 13.8. The zero-order valence-corrected chi connectivity index (χ0v) is 11.1. The summed E-state index contributed by atoms with van der Waals surface area (Å²) in [4.78, 5) is 23.4. The third-order valence-corrected chi connectivity index (χ3v) is 3.00. The summed E-state index contributed by atoms with van der Waals surface area (Å²) < 4.78 is 0. The monoisotopic (exact) mass is 269 g/mol. The van der Waals surface area contributed by atoms with E-state index in [1.165, 1.54) is 25.1 Å². The highest BCUT2D eigenvalue weighted by Crippen LogP contribution is 2.28. The van der Waals surface area contributed by atoms with Crippen molar-refractivity contribution in [1.82, 2.24) is 0 Å². The number of benzene rings is 1. The van der Waals surface area contributed by atoms with Gasteiger partial charge in [-0.05, 0) is 18.2 Å². The summed E-state index contributed by atoms with van der Waals surface area (Å²) in [5.74, 6) is -0.854. The van der Waals surface area contributed by atoms with E-state index >= 15 is 0 Å². The molecule has 1 aliphatic carbocycles. The molecule has 1 amide bonds. The minimum absolute atomic E-state index is 0.129. The lowest BCUT2D eigenvalue weighted by molar-refractivity contribution is -0.114. The van der Waals surface area contributed by atoms with Gasteiger partial charge in [-0.3, -0.25) is 9.59 Å². The molecule has 0 radical (unpaired) electrons. The van der Waals surface area contributed by atoms with E-state index in [1.54, 1.807) is 0 Å². The first-order chi connectivity index (χ1) is 9.49. The summed E-state index contributed by atoms with van der Waals surface area (Å²) in [6.45, 7) is 5.17. The number of rotatable bonds is 4. The van der Waals surface area contributed by atoms with Gasteiger partial charge in [-0.15, -0.1) is 0 Å². The summed E-state index contributed by atoms with van der Waals surface area (Å²) in [6.07, 6.45) is 7.40. The number of ketones is 1. The molecule has 0 bridgehead atoms. The van der Waals surface area contributed by atoms with Crippen LogP contribution in [0.4, 0.5) is 5.69 Å². The van der Waals surface area contributed by atoms with Gasteiger partial charge in [-0.25, -0.2) is 0 Å². The van der Waals surface area contributed by atoms with Crippen molar-refractivity contribution >= 4 is 17.4 Å². The number of aromatic hydroxyl groups is 1. The van der Waals surface area contributed by atoms with Crippen LogP contribution in [0, 0.1) is 5.92 Å². The Morgan fingerprint density at radius 2 is 1.90 bits per heavy atom. The molecule has 0 aromatic heterocycles. The predicted molar refractivity (Wildman–Crippen MR) is 77.7 cm³/mol. The maximum Gasteiger partial charge on any atom is 0.221 e. The lowest BCUT2D eigenvalue weighted by Gasteiger charge is -2.11. The highest BCUT2D eigenvalue weighted by Gasteiger charge is 2.20. The Bertz CT molecular complexity index is 629. The van der Waals surface area contributed by atoms with Crippen LogP contribution in [-0.4, -0.2) is 16.8 Å². The van der Waals surface area contributed by atoms with Crippen molar-refractivity contribution in [2.75, 3.05) is 5.32 Å². The van der Waals surface area contributed by atoms with Crippen molar-refractivity contribution < 1.29 is 14.7 Å². The van der Waals surface area contributed by atoms with Crippen LogP contribution in [-0.2, 0) is 4.79 Å². The van der Waals surface area contributed by atoms with E-state index in [4.69, 9.17) is 0 Å². The molecule has 0 atom stereocenters. The zero-order valence-electron chi connectivity index (χ0n) is 11.1. The Balaban J connectivity index is 2.28. The fourth-order valence-corrected chi connectivity index (χ4v) is 1.99. The minimum Gasteiger partial charge on any atom is -0.507 e. The van der Waals surface area contributed by atoms with E-state index in [0.29, 0.717) is 11.3 Å². The molecule has 1 aromatic carbocycles. The smallest absolute Gasteiger partial charge is 0.221 e. The van der Waals surface area contributed by atoms with E-state index in [1.807, 2.05) is 24.3 Å². The topological polar surface area (TPSA) is 66.4 Å². The molecule has 0 aliphatic heterocycles. The van der Waals surface area contributed by atoms with Crippen molar-refractivity contribution in [1.29, 1.82) is 0 Å². The summed E-state index contributed by atoms with van der Waals surface area (Å²) in [5.41, 5.74) is 0.976. The highest BCUT2D eigenvalue weighted by molar-refractivity contribution is 6.11. The molecule has 0 spiro atoms. The largest absolute Gasteiger partial charge is 0.507 e. The molecule has 2 rings (SSSR count). The van der Waals surface area contributed by atoms with Crippen molar-refractivity contribution in [3.63, 3.8) is 0 Å². The van der Waals surface area contributed by atoms with Gasteiger partial charge in [0, 0.05) is 24.1 Å². The molecule has 20 heavy (non-hydrogen) atoms. The molecular formula is C16H15NO3. The predicted octanol–water partition coefficient (Wildman–Crippen LogP) is 2.83. The lowest BCUT2D eigenvalue weighted by atomic mass is 9.93. The van der Waals surface area contributed by atoms with Gasteiger partial charge < -0.3 is 10.4 Å². The van der Waals surface area contributed by atoms with Gasteiger partial charge in [0.1, 0.15) is 5.75 Å². The third-order valence-electron chi connectivity index (χ3n) is 3.00. The van der Waals surface area contributed by atoms with Crippen LogP contribution in [0.5, 0.6) is 5.75 Å². The maximum absolute atomic E-state index is 12.4. The second kappa shape index (κ2) is 5.57. The maximum atomic E-state index is 12.4. The average Bonchev–Trinajstić information content (AvgIpc) is 2.92. The summed E-state index contributed by atoms with van der Waals surface area (Å²) in [5, 5.41) is 12.4. The molecule has 0 saturated carbocycles. The number of phenolic OH excluding ortho intramolecular Hbond substituents is 1. The average molecular weight is 269 g/mol. The van der Waals surface area contributed by atoms with Crippen molar-refractivity contribution in [3.8, 4) is 5.75 Å². The third kappa shape index (κ3) is 2.85. The molecular weight excluding hydrogens is 254 g/mol. The summed E-state index contributed by atoms with van der Waals surface area (Å²) >= 11 is 0. The second-order valence-corrected chi connectivity index (χ2v) is 4.56. The molecule has 4 heteroatoms. The molecule has 0 saturated heterocycles. The van der Waals surface area contributed by atoms with Gasteiger partial charge in [0.2, 0.25) is 5.91 Å². The molecule has 1 aromatic rings. The fraction of sp³-hybridized carbons (Fsp3) is 0.125. The number of nitrogens with one attached hydrogen (secondary N) is 1. The van der Waals surface area contributed by atoms with Crippen molar-refractivity contribution in [2.45, 2.75) is 6.92 Å². The van der Waals surface area contributed by atoms with Crippen LogP contribution < -0.4 is 5.32 Å². The summed E-state index contributed by atoms with van der Waals surface area (Å²) in [7, 11) is 0. The number of phenols is 1. The van der Waals surface area contributed by atoms with Crippen molar-refractivity contribution in [3.05, 3.63) is 60.2 Å². The molecule has 2 N–H and O–H groups in total.